The van der Waals surface area contributed by atoms with Crippen LogP contribution in [0, 0.1) is 5.82 Å². The average Bonchev–Trinajstić information content (AvgIpc) is 2.55. The summed E-state index contributed by atoms with van der Waals surface area (Å²) in [5.74, 6) is 0.797. The van der Waals surface area contributed by atoms with Crippen molar-refractivity contribution in [1.82, 2.24) is 5.32 Å². The number of carbonyl (C=O) groups is 1. The molecule has 1 N–H and O–H groups in total. The van der Waals surface area contributed by atoms with Gasteiger partial charge >= 0.3 is 0 Å². The van der Waals surface area contributed by atoms with Gasteiger partial charge in [-0.2, -0.15) is 0 Å². The molecule has 1 unspecified atom stereocenters. The quantitative estimate of drug-likeness (QED) is 0.884. The molecule has 124 valence electrons. The van der Waals surface area contributed by atoms with E-state index in [4.69, 9.17) is 0 Å². The second-order valence-corrected chi connectivity index (χ2v) is 7.78. The highest BCUT2D eigenvalue weighted by molar-refractivity contribution is 7.99. The standard InChI is InChI=1S/C20H20FNOS/c21-15-7-8-18-16(13-15)17(9-12-24-18)22-19(23)20(10-4-11-20)14-5-2-1-3-6-14/h1-3,5-8,13,17H,4,9-12H2,(H,22,23). The van der Waals surface area contributed by atoms with Crippen LogP contribution in [0.5, 0.6) is 0 Å². The summed E-state index contributed by atoms with van der Waals surface area (Å²) in [4.78, 5) is 14.2. The van der Waals surface area contributed by atoms with Crippen molar-refractivity contribution in [2.45, 2.75) is 42.0 Å². The first kappa shape index (κ1) is 15.7. The Bertz CT molecular complexity index is 757. The van der Waals surface area contributed by atoms with Crippen molar-refractivity contribution in [3.05, 3.63) is 65.5 Å². The number of halogens is 1. The second-order valence-electron chi connectivity index (χ2n) is 6.65. The van der Waals surface area contributed by atoms with Crippen LogP contribution < -0.4 is 5.32 Å². The number of hydrogen-bond donors (Lipinski definition) is 1. The van der Waals surface area contributed by atoms with Crippen molar-refractivity contribution in [2.24, 2.45) is 0 Å². The first-order chi connectivity index (χ1) is 11.7. The van der Waals surface area contributed by atoms with Gasteiger partial charge in [0.05, 0.1) is 11.5 Å². The van der Waals surface area contributed by atoms with Crippen LogP contribution in [0.2, 0.25) is 0 Å². The molecule has 1 amide bonds. The predicted octanol–water partition coefficient (Wildman–Crippen LogP) is 4.60. The Kier molecular flexibility index (Phi) is 4.09. The summed E-state index contributed by atoms with van der Waals surface area (Å²) < 4.78 is 13.7. The molecule has 0 radical (unpaired) electrons. The number of benzene rings is 2. The monoisotopic (exact) mass is 341 g/mol. The van der Waals surface area contributed by atoms with E-state index in [1.165, 1.54) is 6.07 Å². The summed E-state index contributed by atoms with van der Waals surface area (Å²) in [6, 6.07) is 14.8. The number of rotatable bonds is 3. The Morgan fingerprint density at radius 1 is 1.17 bits per heavy atom. The maximum atomic E-state index is 13.7. The Labute approximate surface area is 145 Å². The van der Waals surface area contributed by atoms with Crippen LogP contribution in [0.4, 0.5) is 4.39 Å². The Hall–Kier alpha value is -1.81. The number of hydrogen-bond acceptors (Lipinski definition) is 2. The van der Waals surface area contributed by atoms with E-state index in [1.807, 2.05) is 36.4 Å². The third-order valence-electron chi connectivity index (χ3n) is 5.28. The molecule has 0 saturated heterocycles. The topological polar surface area (TPSA) is 29.1 Å². The van der Waals surface area contributed by atoms with Gasteiger partial charge in [0.25, 0.3) is 0 Å². The Morgan fingerprint density at radius 3 is 2.67 bits per heavy atom. The normalized spacial score (nSPS) is 21.5. The van der Waals surface area contributed by atoms with Crippen LogP contribution >= 0.6 is 11.8 Å². The molecular weight excluding hydrogens is 321 g/mol. The van der Waals surface area contributed by atoms with E-state index in [2.05, 4.69) is 5.32 Å². The molecule has 1 atom stereocenters. The van der Waals surface area contributed by atoms with Gasteiger partial charge < -0.3 is 5.32 Å². The van der Waals surface area contributed by atoms with Crippen molar-refractivity contribution in [2.75, 3.05) is 5.75 Å². The summed E-state index contributed by atoms with van der Waals surface area (Å²) in [5.41, 5.74) is 1.61. The first-order valence-electron chi connectivity index (χ1n) is 8.48. The van der Waals surface area contributed by atoms with Crippen LogP contribution in [-0.4, -0.2) is 11.7 Å². The molecule has 2 aromatic rings. The molecule has 24 heavy (non-hydrogen) atoms. The van der Waals surface area contributed by atoms with Crippen LogP contribution in [-0.2, 0) is 10.2 Å². The molecule has 4 heteroatoms. The Balaban J connectivity index is 1.60. The highest BCUT2D eigenvalue weighted by atomic mass is 32.2. The van der Waals surface area contributed by atoms with Gasteiger partial charge in [-0.05, 0) is 48.6 Å². The van der Waals surface area contributed by atoms with Crippen molar-refractivity contribution < 1.29 is 9.18 Å². The second kappa shape index (κ2) is 6.25. The molecule has 1 heterocycles. The smallest absolute Gasteiger partial charge is 0.231 e. The number of fused-ring (bicyclic) bond motifs is 1. The minimum absolute atomic E-state index is 0.0899. The fraction of sp³-hybridized carbons (Fsp3) is 0.350. The molecule has 0 aromatic heterocycles. The first-order valence-corrected chi connectivity index (χ1v) is 9.46. The van der Waals surface area contributed by atoms with Crippen LogP contribution in [0.15, 0.2) is 53.4 Å². The summed E-state index contributed by atoms with van der Waals surface area (Å²) in [6.07, 6.45) is 3.70. The molecule has 4 rings (SSSR count). The van der Waals surface area contributed by atoms with E-state index in [1.54, 1.807) is 17.8 Å². The lowest BCUT2D eigenvalue weighted by Crippen LogP contribution is -2.50. The molecular formula is C20H20FNOS. The molecule has 2 nitrogen and oxygen atoms in total. The fourth-order valence-corrected chi connectivity index (χ4v) is 4.85. The van der Waals surface area contributed by atoms with Gasteiger partial charge in [-0.15, -0.1) is 11.8 Å². The minimum atomic E-state index is -0.403. The highest BCUT2D eigenvalue weighted by Gasteiger charge is 2.46. The third-order valence-corrected chi connectivity index (χ3v) is 6.41. The number of carbonyl (C=O) groups excluding carboxylic acids is 1. The fourth-order valence-electron chi connectivity index (χ4n) is 3.75. The zero-order valence-corrected chi connectivity index (χ0v) is 14.2. The molecule has 2 aliphatic rings. The van der Waals surface area contributed by atoms with E-state index in [0.29, 0.717) is 0 Å². The van der Waals surface area contributed by atoms with E-state index >= 15 is 0 Å². The minimum Gasteiger partial charge on any atom is -0.348 e. The van der Waals surface area contributed by atoms with Gasteiger partial charge in [-0.3, -0.25) is 4.79 Å². The molecule has 2 aromatic carbocycles. The highest BCUT2D eigenvalue weighted by Crippen LogP contribution is 2.45. The number of thioether (sulfide) groups is 1. The van der Waals surface area contributed by atoms with E-state index in [0.717, 1.165) is 47.5 Å². The van der Waals surface area contributed by atoms with Gasteiger partial charge in [0.2, 0.25) is 5.91 Å². The van der Waals surface area contributed by atoms with E-state index in [9.17, 15) is 9.18 Å². The van der Waals surface area contributed by atoms with Gasteiger partial charge in [-0.25, -0.2) is 4.39 Å². The molecule has 1 saturated carbocycles. The average molecular weight is 341 g/mol. The van der Waals surface area contributed by atoms with Crippen LogP contribution in [0.1, 0.15) is 42.9 Å². The Morgan fingerprint density at radius 2 is 1.96 bits per heavy atom. The maximum absolute atomic E-state index is 13.7. The zero-order valence-electron chi connectivity index (χ0n) is 13.4. The summed E-state index contributed by atoms with van der Waals surface area (Å²) >= 11 is 1.73. The van der Waals surface area contributed by atoms with Crippen molar-refractivity contribution in [3.8, 4) is 0 Å². The van der Waals surface area contributed by atoms with Gasteiger partial charge in [0, 0.05) is 10.6 Å². The van der Waals surface area contributed by atoms with Crippen molar-refractivity contribution >= 4 is 17.7 Å². The number of amides is 1. The summed E-state index contributed by atoms with van der Waals surface area (Å²) in [6.45, 7) is 0. The lowest BCUT2D eigenvalue weighted by molar-refractivity contribution is -0.130. The van der Waals surface area contributed by atoms with Gasteiger partial charge in [-0.1, -0.05) is 36.8 Å². The van der Waals surface area contributed by atoms with Crippen molar-refractivity contribution in [3.63, 3.8) is 0 Å². The molecule has 1 aliphatic carbocycles. The zero-order chi connectivity index (χ0) is 16.6. The van der Waals surface area contributed by atoms with Crippen LogP contribution in [0.25, 0.3) is 0 Å². The predicted molar refractivity (Wildman–Crippen MR) is 94.6 cm³/mol. The molecule has 0 spiro atoms. The van der Waals surface area contributed by atoms with E-state index in [-0.39, 0.29) is 17.8 Å². The largest absolute Gasteiger partial charge is 0.348 e. The summed E-state index contributed by atoms with van der Waals surface area (Å²) in [5, 5.41) is 3.22. The third kappa shape index (κ3) is 2.63. The van der Waals surface area contributed by atoms with Gasteiger partial charge in [0.1, 0.15) is 5.82 Å². The molecule has 1 fully saturated rings. The van der Waals surface area contributed by atoms with Crippen LogP contribution in [0.3, 0.4) is 0 Å². The molecule has 0 bridgehead atoms. The molecule has 1 aliphatic heterocycles. The summed E-state index contributed by atoms with van der Waals surface area (Å²) in [7, 11) is 0. The maximum Gasteiger partial charge on any atom is 0.231 e. The van der Waals surface area contributed by atoms with E-state index < -0.39 is 5.41 Å². The lowest BCUT2D eigenvalue weighted by Gasteiger charge is -2.42. The van der Waals surface area contributed by atoms with Gasteiger partial charge in [0.15, 0.2) is 0 Å². The van der Waals surface area contributed by atoms with Crippen molar-refractivity contribution in [1.29, 1.82) is 0 Å². The number of nitrogens with one attached hydrogen (secondary N) is 1. The lowest BCUT2D eigenvalue weighted by atomic mass is 9.63. The SMILES string of the molecule is O=C(NC1CCSc2ccc(F)cc21)C1(c2ccccc2)CCC1.